The number of alkyl halides is 2. The van der Waals surface area contributed by atoms with Crippen molar-refractivity contribution in [2.24, 2.45) is 10.7 Å². The standard InChI is InChI=1S/C18H19F2N3O3/c1-10-3-11(2)5-13(4-10)23-18(21)22-8-12-6-15-16(25-9-24-15)7-14(12)26-17(19)20/h3-7,17H,8-9H2,1-2H3,(H3,21,22,23). The third-order valence-electron chi connectivity index (χ3n) is 3.69. The van der Waals surface area contributed by atoms with Crippen molar-refractivity contribution < 1.29 is 23.0 Å². The average Bonchev–Trinajstić information content (AvgIpc) is 2.98. The molecule has 2 aromatic carbocycles. The van der Waals surface area contributed by atoms with Gasteiger partial charge in [0.1, 0.15) is 5.75 Å². The number of hydrogen-bond acceptors (Lipinski definition) is 4. The lowest BCUT2D eigenvalue weighted by atomic mass is 10.1. The normalized spacial score (nSPS) is 13.2. The molecular weight excluding hydrogens is 344 g/mol. The van der Waals surface area contributed by atoms with Crippen LogP contribution >= 0.6 is 0 Å². The number of nitrogens with two attached hydrogens (primary N) is 1. The first-order valence-electron chi connectivity index (χ1n) is 7.93. The summed E-state index contributed by atoms with van der Waals surface area (Å²) in [5.41, 5.74) is 9.31. The maximum atomic E-state index is 12.6. The number of halogens is 2. The highest BCUT2D eigenvalue weighted by molar-refractivity contribution is 5.92. The first-order chi connectivity index (χ1) is 12.4. The van der Waals surface area contributed by atoms with Gasteiger partial charge in [0.05, 0.1) is 6.54 Å². The van der Waals surface area contributed by atoms with Crippen LogP contribution in [-0.2, 0) is 6.54 Å². The van der Waals surface area contributed by atoms with Crippen LogP contribution in [0.4, 0.5) is 14.5 Å². The summed E-state index contributed by atoms with van der Waals surface area (Å²) in [6.07, 6.45) is 0. The number of nitrogens with one attached hydrogen (secondary N) is 1. The molecule has 0 atom stereocenters. The summed E-state index contributed by atoms with van der Waals surface area (Å²) >= 11 is 0. The summed E-state index contributed by atoms with van der Waals surface area (Å²) in [6, 6.07) is 8.84. The van der Waals surface area contributed by atoms with Gasteiger partial charge in [-0.2, -0.15) is 8.78 Å². The second kappa shape index (κ2) is 7.47. The van der Waals surface area contributed by atoms with Gasteiger partial charge in [-0.15, -0.1) is 0 Å². The van der Waals surface area contributed by atoms with Gasteiger partial charge in [-0.1, -0.05) is 6.07 Å². The molecule has 1 aliphatic rings. The van der Waals surface area contributed by atoms with Crippen LogP contribution in [0.15, 0.2) is 35.3 Å². The largest absolute Gasteiger partial charge is 0.454 e. The summed E-state index contributed by atoms with van der Waals surface area (Å²) < 4.78 is 40.3. The molecule has 2 aromatic rings. The molecule has 3 rings (SSSR count). The highest BCUT2D eigenvalue weighted by Crippen LogP contribution is 2.39. The van der Waals surface area contributed by atoms with Gasteiger partial charge in [0.15, 0.2) is 17.5 Å². The van der Waals surface area contributed by atoms with Crippen LogP contribution in [0, 0.1) is 13.8 Å². The van der Waals surface area contributed by atoms with Crippen molar-refractivity contribution in [1.82, 2.24) is 0 Å². The summed E-state index contributed by atoms with van der Waals surface area (Å²) in [6.45, 7) is 1.08. The molecule has 26 heavy (non-hydrogen) atoms. The van der Waals surface area contributed by atoms with Crippen LogP contribution < -0.4 is 25.3 Å². The molecule has 0 saturated carbocycles. The van der Waals surface area contributed by atoms with Crippen molar-refractivity contribution >= 4 is 11.6 Å². The molecule has 0 saturated heterocycles. The zero-order valence-electron chi connectivity index (χ0n) is 14.4. The Bertz CT molecular complexity index is 820. The van der Waals surface area contributed by atoms with Gasteiger partial charge in [0.25, 0.3) is 0 Å². The summed E-state index contributed by atoms with van der Waals surface area (Å²) in [7, 11) is 0. The topological polar surface area (TPSA) is 78.1 Å². The Morgan fingerprint density at radius 2 is 1.81 bits per heavy atom. The fourth-order valence-corrected chi connectivity index (χ4v) is 2.70. The lowest BCUT2D eigenvalue weighted by Gasteiger charge is -2.11. The van der Waals surface area contributed by atoms with Crippen molar-refractivity contribution in [3.05, 3.63) is 47.0 Å². The Morgan fingerprint density at radius 1 is 1.15 bits per heavy atom. The number of anilines is 1. The molecule has 138 valence electrons. The fraction of sp³-hybridized carbons (Fsp3) is 0.278. The number of aryl methyl sites for hydroxylation is 2. The number of nitrogens with zero attached hydrogens (tertiary/aromatic N) is 1. The molecule has 0 unspecified atom stereocenters. The van der Waals surface area contributed by atoms with E-state index in [1.54, 1.807) is 6.07 Å². The van der Waals surface area contributed by atoms with Gasteiger partial charge in [0.2, 0.25) is 6.79 Å². The minimum Gasteiger partial charge on any atom is -0.454 e. The van der Waals surface area contributed by atoms with E-state index in [1.165, 1.54) is 6.07 Å². The first-order valence-corrected chi connectivity index (χ1v) is 7.93. The molecule has 6 nitrogen and oxygen atoms in total. The lowest BCUT2D eigenvalue weighted by molar-refractivity contribution is -0.0505. The van der Waals surface area contributed by atoms with Gasteiger partial charge >= 0.3 is 6.61 Å². The van der Waals surface area contributed by atoms with Crippen LogP contribution in [0.5, 0.6) is 17.2 Å². The Morgan fingerprint density at radius 3 is 2.46 bits per heavy atom. The van der Waals surface area contributed by atoms with Crippen molar-refractivity contribution in [2.45, 2.75) is 27.0 Å². The quantitative estimate of drug-likeness (QED) is 0.627. The van der Waals surface area contributed by atoms with E-state index >= 15 is 0 Å². The monoisotopic (exact) mass is 363 g/mol. The van der Waals surface area contributed by atoms with Crippen molar-refractivity contribution in [3.63, 3.8) is 0 Å². The van der Waals surface area contributed by atoms with E-state index in [4.69, 9.17) is 15.2 Å². The highest BCUT2D eigenvalue weighted by Gasteiger charge is 2.20. The maximum Gasteiger partial charge on any atom is 0.387 e. The van der Waals surface area contributed by atoms with E-state index < -0.39 is 6.61 Å². The van der Waals surface area contributed by atoms with Crippen LogP contribution in [0.2, 0.25) is 0 Å². The highest BCUT2D eigenvalue weighted by atomic mass is 19.3. The number of rotatable bonds is 5. The van der Waals surface area contributed by atoms with E-state index in [9.17, 15) is 8.78 Å². The SMILES string of the molecule is Cc1cc(C)cc(NC(N)=NCc2cc3c(cc2OC(F)F)OCO3)c1. The first kappa shape index (κ1) is 17.8. The van der Waals surface area contributed by atoms with Crippen LogP contribution in [0.25, 0.3) is 0 Å². The molecule has 0 aliphatic carbocycles. The Balaban J connectivity index is 1.77. The number of hydrogen-bond donors (Lipinski definition) is 2. The fourth-order valence-electron chi connectivity index (χ4n) is 2.70. The molecule has 0 aromatic heterocycles. The van der Waals surface area contributed by atoms with Crippen LogP contribution in [0.1, 0.15) is 16.7 Å². The predicted octanol–water partition coefficient (Wildman–Crippen LogP) is 3.56. The van der Waals surface area contributed by atoms with Gasteiger partial charge in [0, 0.05) is 17.3 Å². The molecule has 0 amide bonds. The Labute approximate surface area is 149 Å². The van der Waals surface area contributed by atoms with E-state index in [2.05, 4.69) is 15.0 Å². The van der Waals surface area contributed by atoms with Gasteiger partial charge in [-0.25, -0.2) is 4.99 Å². The molecule has 8 heteroatoms. The van der Waals surface area contributed by atoms with E-state index in [0.29, 0.717) is 17.1 Å². The number of fused-ring (bicyclic) bond motifs is 1. The van der Waals surface area contributed by atoms with E-state index in [1.807, 2.05) is 32.0 Å². The Hall–Kier alpha value is -3.03. The maximum absolute atomic E-state index is 12.6. The zero-order chi connectivity index (χ0) is 18.7. The molecule has 0 spiro atoms. The molecule has 1 aliphatic heterocycles. The second-order valence-corrected chi connectivity index (χ2v) is 5.89. The number of ether oxygens (including phenoxy) is 3. The number of guanidine groups is 1. The van der Waals surface area contributed by atoms with Gasteiger partial charge in [-0.05, 0) is 43.2 Å². The number of aliphatic imine (C=N–C) groups is 1. The average molecular weight is 363 g/mol. The molecule has 3 N–H and O–H groups in total. The van der Waals surface area contributed by atoms with Crippen molar-refractivity contribution in [2.75, 3.05) is 12.1 Å². The molecule has 0 bridgehead atoms. The molecule has 1 heterocycles. The molecule has 0 fully saturated rings. The van der Waals surface area contributed by atoms with Crippen molar-refractivity contribution in [3.8, 4) is 17.2 Å². The number of benzene rings is 2. The molecule has 0 radical (unpaired) electrons. The zero-order valence-corrected chi connectivity index (χ0v) is 14.4. The second-order valence-electron chi connectivity index (χ2n) is 5.89. The van der Waals surface area contributed by atoms with Crippen LogP contribution in [-0.4, -0.2) is 19.4 Å². The molecular formula is C18H19F2N3O3. The van der Waals surface area contributed by atoms with Crippen molar-refractivity contribution in [1.29, 1.82) is 0 Å². The predicted molar refractivity (Wildman–Crippen MR) is 94.1 cm³/mol. The van der Waals surface area contributed by atoms with Gasteiger partial charge < -0.3 is 25.3 Å². The smallest absolute Gasteiger partial charge is 0.387 e. The Kier molecular flexibility index (Phi) is 5.11. The summed E-state index contributed by atoms with van der Waals surface area (Å²) in [5.74, 6) is 0.954. The van der Waals surface area contributed by atoms with Crippen LogP contribution in [0.3, 0.4) is 0 Å². The minimum atomic E-state index is -2.95. The summed E-state index contributed by atoms with van der Waals surface area (Å²) in [4.78, 5) is 4.20. The van der Waals surface area contributed by atoms with E-state index in [-0.39, 0.29) is 25.0 Å². The van der Waals surface area contributed by atoms with E-state index in [0.717, 1.165) is 16.8 Å². The lowest BCUT2D eigenvalue weighted by Crippen LogP contribution is -2.22. The minimum absolute atomic E-state index is 0.0211. The van der Waals surface area contributed by atoms with Gasteiger partial charge in [-0.3, -0.25) is 0 Å². The summed E-state index contributed by atoms with van der Waals surface area (Å²) in [5, 5.41) is 2.99. The third-order valence-corrected chi connectivity index (χ3v) is 3.69. The third kappa shape index (κ3) is 4.33.